The molecule has 0 saturated heterocycles. The number of nitrogens with zero attached hydrogens (tertiary/aromatic N) is 2. The lowest BCUT2D eigenvalue weighted by molar-refractivity contribution is 0.299. The number of pyridine rings is 2. The average molecular weight is 279 g/mol. The molecule has 0 amide bonds. The molecule has 3 N–H and O–H groups in total. The molecule has 0 aromatic carbocycles. The van der Waals surface area contributed by atoms with Gasteiger partial charge in [0.1, 0.15) is 5.54 Å². The summed E-state index contributed by atoms with van der Waals surface area (Å²) in [6.07, 6.45) is 9.51. The number of aliphatic hydroxyl groups is 1. The topological polar surface area (TPSA) is 72.0 Å². The highest BCUT2D eigenvalue weighted by molar-refractivity contribution is 5.90. The van der Waals surface area contributed by atoms with Crippen molar-refractivity contribution in [1.29, 1.82) is 0 Å². The van der Waals surface area contributed by atoms with Gasteiger partial charge in [0.05, 0.1) is 5.69 Å². The summed E-state index contributed by atoms with van der Waals surface area (Å²) in [4.78, 5) is 8.60. The van der Waals surface area contributed by atoms with Crippen LogP contribution in [-0.2, 0) is 12.0 Å². The second kappa shape index (κ2) is 5.24. The van der Waals surface area contributed by atoms with E-state index in [-0.39, 0.29) is 6.61 Å². The molecule has 0 spiro atoms. The first-order valence-corrected chi connectivity index (χ1v) is 6.85. The van der Waals surface area contributed by atoms with Crippen LogP contribution in [0.4, 0.5) is 0 Å². The van der Waals surface area contributed by atoms with Crippen LogP contribution in [0.25, 0.3) is 5.57 Å². The Hall–Kier alpha value is -2.30. The summed E-state index contributed by atoms with van der Waals surface area (Å²) in [6.45, 7) is 3.86. The van der Waals surface area contributed by atoms with Gasteiger partial charge in [-0.25, -0.2) is 0 Å². The zero-order valence-corrected chi connectivity index (χ0v) is 11.7. The molecule has 4 heteroatoms. The molecule has 0 fully saturated rings. The first-order valence-electron chi connectivity index (χ1n) is 6.85. The Bertz CT molecular complexity index is 723. The molecule has 1 unspecified atom stereocenters. The number of aromatic nitrogens is 2. The van der Waals surface area contributed by atoms with E-state index in [1.54, 1.807) is 18.5 Å². The fraction of sp³-hybridized carbons (Fsp3) is 0.176. The van der Waals surface area contributed by atoms with Gasteiger partial charge in [0, 0.05) is 30.8 Å². The highest BCUT2D eigenvalue weighted by atomic mass is 16.2. The van der Waals surface area contributed by atoms with Crippen LogP contribution in [0.1, 0.15) is 22.4 Å². The number of rotatable bonds is 4. The van der Waals surface area contributed by atoms with Gasteiger partial charge in [-0.05, 0) is 41.3 Å². The third-order valence-corrected chi connectivity index (χ3v) is 3.87. The van der Waals surface area contributed by atoms with Gasteiger partial charge >= 0.3 is 0 Å². The fourth-order valence-corrected chi connectivity index (χ4v) is 2.84. The summed E-state index contributed by atoms with van der Waals surface area (Å²) in [5.41, 5.74) is 10.7. The second-order valence-electron chi connectivity index (χ2n) is 5.07. The van der Waals surface area contributed by atoms with Crippen LogP contribution >= 0.6 is 0 Å². The van der Waals surface area contributed by atoms with Crippen molar-refractivity contribution in [2.45, 2.75) is 12.0 Å². The Labute approximate surface area is 123 Å². The van der Waals surface area contributed by atoms with Crippen molar-refractivity contribution in [3.8, 4) is 0 Å². The van der Waals surface area contributed by atoms with Crippen LogP contribution in [0.15, 0.2) is 55.5 Å². The fourth-order valence-electron chi connectivity index (χ4n) is 2.84. The number of allylic oxidation sites excluding steroid dienone is 2. The number of hydrogen-bond acceptors (Lipinski definition) is 4. The smallest absolute Gasteiger partial charge is 0.111 e. The highest BCUT2D eigenvalue weighted by Crippen LogP contribution is 2.50. The standard InChI is InChI=1S/C17H17N3O/c1-2-3-14-13-11-19-7-5-15(13)17(14,18)16-10-12(6-9-21)4-8-20-16/h2-5,7-8,10-11,21H,1,6,9,18H2/b14-3-. The van der Waals surface area contributed by atoms with Gasteiger partial charge in [-0.15, -0.1) is 0 Å². The predicted molar refractivity (Wildman–Crippen MR) is 82.4 cm³/mol. The van der Waals surface area contributed by atoms with E-state index in [0.717, 1.165) is 28.0 Å². The van der Waals surface area contributed by atoms with E-state index in [1.165, 1.54) is 0 Å². The van der Waals surface area contributed by atoms with E-state index in [1.807, 2.05) is 30.5 Å². The van der Waals surface area contributed by atoms with Crippen LogP contribution in [0, 0.1) is 0 Å². The van der Waals surface area contributed by atoms with E-state index in [2.05, 4.69) is 16.5 Å². The zero-order valence-electron chi connectivity index (χ0n) is 11.7. The monoisotopic (exact) mass is 279 g/mol. The maximum absolute atomic E-state index is 9.09. The molecule has 1 atom stereocenters. The Balaban J connectivity index is 2.14. The number of fused-ring (bicyclic) bond motifs is 1. The molecule has 2 aromatic rings. The van der Waals surface area contributed by atoms with E-state index in [4.69, 9.17) is 10.8 Å². The molecule has 1 aliphatic carbocycles. The molecule has 4 nitrogen and oxygen atoms in total. The van der Waals surface area contributed by atoms with Crippen LogP contribution in [-0.4, -0.2) is 21.7 Å². The summed E-state index contributed by atoms with van der Waals surface area (Å²) >= 11 is 0. The van der Waals surface area contributed by atoms with Crippen LogP contribution < -0.4 is 5.73 Å². The first-order chi connectivity index (χ1) is 10.2. The lowest BCUT2D eigenvalue weighted by Gasteiger charge is -2.43. The van der Waals surface area contributed by atoms with Gasteiger partial charge in [0.2, 0.25) is 0 Å². The summed E-state index contributed by atoms with van der Waals surface area (Å²) in [5, 5.41) is 9.09. The SMILES string of the molecule is C=C/C=C1/c2cnccc2C1(N)c1cc(CCO)ccn1. The molecule has 2 heterocycles. The summed E-state index contributed by atoms with van der Waals surface area (Å²) < 4.78 is 0. The lowest BCUT2D eigenvalue weighted by Crippen LogP contribution is -2.47. The van der Waals surface area contributed by atoms with E-state index in [9.17, 15) is 0 Å². The molecule has 1 aliphatic rings. The molecule has 106 valence electrons. The summed E-state index contributed by atoms with van der Waals surface area (Å²) in [7, 11) is 0. The van der Waals surface area contributed by atoms with Crippen molar-refractivity contribution in [1.82, 2.24) is 9.97 Å². The number of aliphatic hydroxyl groups excluding tert-OH is 1. The quantitative estimate of drug-likeness (QED) is 0.895. The Morgan fingerprint density at radius 2 is 2.19 bits per heavy atom. The van der Waals surface area contributed by atoms with Gasteiger partial charge < -0.3 is 10.8 Å². The van der Waals surface area contributed by atoms with Crippen molar-refractivity contribution in [3.63, 3.8) is 0 Å². The zero-order chi connectivity index (χ0) is 14.9. The number of nitrogens with two attached hydrogens (primary N) is 1. The third-order valence-electron chi connectivity index (χ3n) is 3.87. The molecule has 0 radical (unpaired) electrons. The van der Waals surface area contributed by atoms with Crippen molar-refractivity contribution >= 4 is 5.57 Å². The van der Waals surface area contributed by atoms with Gasteiger partial charge in [-0.3, -0.25) is 9.97 Å². The molecule has 21 heavy (non-hydrogen) atoms. The minimum absolute atomic E-state index is 0.108. The van der Waals surface area contributed by atoms with Crippen molar-refractivity contribution < 1.29 is 5.11 Å². The van der Waals surface area contributed by atoms with Crippen LogP contribution in [0.3, 0.4) is 0 Å². The highest BCUT2D eigenvalue weighted by Gasteiger charge is 2.46. The molecule has 0 aliphatic heterocycles. The average Bonchev–Trinajstić information content (AvgIpc) is 2.52. The molecule has 0 saturated carbocycles. The second-order valence-corrected chi connectivity index (χ2v) is 5.07. The van der Waals surface area contributed by atoms with Crippen LogP contribution in [0.2, 0.25) is 0 Å². The van der Waals surface area contributed by atoms with Crippen molar-refractivity contribution in [2.24, 2.45) is 5.73 Å². The largest absolute Gasteiger partial charge is 0.396 e. The van der Waals surface area contributed by atoms with E-state index in [0.29, 0.717) is 6.42 Å². The summed E-state index contributed by atoms with van der Waals surface area (Å²) in [5.74, 6) is 0. The van der Waals surface area contributed by atoms with Gasteiger partial charge in [0.25, 0.3) is 0 Å². The molecular weight excluding hydrogens is 262 g/mol. The predicted octanol–water partition coefficient (Wildman–Crippen LogP) is 1.80. The minimum Gasteiger partial charge on any atom is -0.396 e. The minimum atomic E-state index is -0.738. The Kier molecular flexibility index (Phi) is 3.41. The van der Waals surface area contributed by atoms with Crippen molar-refractivity contribution in [2.75, 3.05) is 6.61 Å². The number of hydrogen-bond donors (Lipinski definition) is 2. The maximum Gasteiger partial charge on any atom is 0.111 e. The van der Waals surface area contributed by atoms with Crippen LogP contribution in [0.5, 0.6) is 0 Å². The van der Waals surface area contributed by atoms with E-state index >= 15 is 0 Å². The Morgan fingerprint density at radius 1 is 1.33 bits per heavy atom. The third kappa shape index (κ3) is 2.00. The van der Waals surface area contributed by atoms with E-state index < -0.39 is 5.54 Å². The summed E-state index contributed by atoms with van der Waals surface area (Å²) in [6, 6.07) is 5.78. The molecular formula is C17H17N3O. The maximum atomic E-state index is 9.09. The molecule has 2 aromatic heterocycles. The molecule has 3 rings (SSSR count). The molecule has 0 bridgehead atoms. The van der Waals surface area contributed by atoms with Crippen molar-refractivity contribution in [3.05, 3.63) is 77.9 Å². The van der Waals surface area contributed by atoms with Gasteiger partial charge in [0.15, 0.2) is 0 Å². The Morgan fingerprint density at radius 3 is 2.95 bits per heavy atom. The normalized spacial score (nSPS) is 21.7. The van der Waals surface area contributed by atoms with Gasteiger partial charge in [-0.2, -0.15) is 0 Å². The van der Waals surface area contributed by atoms with Gasteiger partial charge in [-0.1, -0.05) is 18.7 Å². The lowest BCUT2D eigenvalue weighted by atomic mass is 9.65. The first kappa shape index (κ1) is 13.7.